The SMILES string of the molecule is CC1(c2ccco2)NC(=O)N(CC(=O)Nc2cc(F)cc(F)c2)C1=O. The number of imide groups is 1. The van der Waals surface area contributed by atoms with Gasteiger partial charge in [0.2, 0.25) is 5.91 Å². The van der Waals surface area contributed by atoms with Gasteiger partial charge in [-0.05, 0) is 31.2 Å². The monoisotopic (exact) mass is 349 g/mol. The summed E-state index contributed by atoms with van der Waals surface area (Å²) < 4.78 is 31.4. The first kappa shape index (κ1) is 16.6. The first-order chi connectivity index (χ1) is 11.8. The topological polar surface area (TPSA) is 91.7 Å². The fraction of sp³-hybridized carbons (Fsp3) is 0.188. The predicted octanol–water partition coefficient (Wildman–Crippen LogP) is 1.96. The summed E-state index contributed by atoms with van der Waals surface area (Å²) in [5.74, 6) is -2.96. The third-order valence-electron chi connectivity index (χ3n) is 3.74. The van der Waals surface area contributed by atoms with Gasteiger partial charge in [-0.2, -0.15) is 0 Å². The van der Waals surface area contributed by atoms with Gasteiger partial charge in [-0.15, -0.1) is 0 Å². The number of halogens is 2. The molecule has 0 spiro atoms. The van der Waals surface area contributed by atoms with E-state index in [0.29, 0.717) is 11.0 Å². The van der Waals surface area contributed by atoms with Crippen LogP contribution in [0.1, 0.15) is 12.7 Å². The van der Waals surface area contributed by atoms with Crippen molar-refractivity contribution in [2.75, 3.05) is 11.9 Å². The molecule has 130 valence electrons. The van der Waals surface area contributed by atoms with Crippen molar-refractivity contribution in [3.05, 3.63) is 54.0 Å². The number of carbonyl (C=O) groups excluding carboxylic acids is 3. The van der Waals surface area contributed by atoms with E-state index in [1.54, 1.807) is 6.07 Å². The molecule has 1 unspecified atom stereocenters. The highest BCUT2D eigenvalue weighted by molar-refractivity contribution is 6.09. The Hall–Kier alpha value is -3.23. The Kier molecular flexibility index (Phi) is 3.99. The lowest BCUT2D eigenvalue weighted by Crippen LogP contribution is -2.41. The molecule has 1 aromatic carbocycles. The van der Waals surface area contributed by atoms with E-state index in [1.807, 2.05) is 0 Å². The van der Waals surface area contributed by atoms with Gasteiger partial charge in [-0.3, -0.25) is 14.5 Å². The Morgan fingerprint density at radius 3 is 2.56 bits per heavy atom. The van der Waals surface area contributed by atoms with E-state index in [-0.39, 0.29) is 11.4 Å². The van der Waals surface area contributed by atoms with E-state index in [0.717, 1.165) is 12.1 Å². The van der Waals surface area contributed by atoms with Crippen LogP contribution < -0.4 is 10.6 Å². The summed E-state index contributed by atoms with van der Waals surface area (Å²) in [5.41, 5.74) is -1.55. The van der Waals surface area contributed by atoms with Crippen molar-refractivity contribution in [1.29, 1.82) is 0 Å². The number of hydrogen-bond acceptors (Lipinski definition) is 4. The molecular weight excluding hydrogens is 336 g/mol. The number of furan rings is 1. The largest absolute Gasteiger partial charge is 0.466 e. The molecule has 9 heteroatoms. The van der Waals surface area contributed by atoms with Crippen molar-refractivity contribution < 1.29 is 27.6 Å². The number of anilines is 1. The van der Waals surface area contributed by atoms with Crippen LogP contribution in [0.2, 0.25) is 0 Å². The number of rotatable bonds is 4. The summed E-state index contributed by atoms with van der Waals surface area (Å²) in [4.78, 5) is 37.3. The highest BCUT2D eigenvalue weighted by Gasteiger charge is 2.51. The molecule has 0 radical (unpaired) electrons. The molecule has 2 aromatic rings. The molecule has 2 heterocycles. The van der Waals surface area contributed by atoms with Crippen molar-refractivity contribution in [2.45, 2.75) is 12.5 Å². The summed E-state index contributed by atoms with van der Waals surface area (Å²) >= 11 is 0. The average molecular weight is 349 g/mol. The number of urea groups is 1. The summed E-state index contributed by atoms with van der Waals surface area (Å²) in [6, 6.07) is 4.80. The van der Waals surface area contributed by atoms with Crippen LogP contribution in [0.5, 0.6) is 0 Å². The molecule has 7 nitrogen and oxygen atoms in total. The number of amides is 4. The summed E-state index contributed by atoms with van der Waals surface area (Å²) in [5, 5.41) is 4.70. The molecule has 1 aromatic heterocycles. The highest BCUT2D eigenvalue weighted by Crippen LogP contribution is 2.29. The van der Waals surface area contributed by atoms with Crippen LogP contribution in [0.3, 0.4) is 0 Å². The minimum atomic E-state index is -1.42. The molecule has 2 N–H and O–H groups in total. The highest BCUT2D eigenvalue weighted by atomic mass is 19.1. The Labute approximate surface area is 140 Å². The first-order valence-electron chi connectivity index (χ1n) is 7.23. The second kappa shape index (κ2) is 6.00. The Bertz CT molecular complexity index is 833. The molecule has 0 aliphatic carbocycles. The number of carbonyl (C=O) groups is 3. The lowest BCUT2D eigenvalue weighted by atomic mass is 9.99. The maximum atomic E-state index is 13.1. The van der Waals surface area contributed by atoms with Gasteiger partial charge >= 0.3 is 6.03 Å². The molecule has 0 bridgehead atoms. The molecule has 3 rings (SSSR count). The number of nitrogens with zero attached hydrogens (tertiary/aromatic N) is 1. The van der Waals surface area contributed by atoms with E-state index in [2.05, 4.69) is 10.6 Å². The molecule has 1 aliphatic rings. The fourth-order valence-corrected chi connectivity index (χ4v) is 2.54. The van der Waals surface area contributed by atoms with Crippen molar-refractivity contribution in [2.24, 2.45) is 0 Å². The van der Waals surface area contributed by atoms with Gasteiger partial charge in [0.15, 0.2) is 5.54 Å². The lowest BCUT2D eigenvalue weighted by Gasteiger charge is -2.18. The van der Waals surface area contributed by atoms with Crippen LogP contribution in [0.25, 0.3) is 0 Å². The zero-order valence-electron chi connectivity index (χ0n) is 13.0. The minimum Gasteiger partial charge on any atom is -0.466 e. The van der Waals surface area contributed by atoms with E-state index >= 15 is 0 Å². The Balaban J connectivity index is 1.73. The third-order valence-corrected chi connectivity index (χ3v) is 3.74. The second-order valence-corrected chi connectivity index (χ2v) is 5.63. The van der Waals surface area contributed by atoms with Gasteiger partial charge < -0.3 is 15.1 Å². The van der Waals surface area contributed by atoms with E-state index in [1.165, 1.54) is 19.3 Å². The first-order valence-corrected chi connectivity index (χ1v) is 7.23. The van der Waals surface area contributed by atoms with Gasteiger partial charge in [0.05, 0.1) is 6.26 Å². The van der Waals surface area contributed by atoms with E-state index in [4.69, 9.17) is 4.42 Å². The molecule has 1 fully saturated rings. The third kappa shape index (κ3) is 3.08. The van der Waals surface area contributed by atoms with Gasteiger partial charge in [0.1, 0.15) is 23.9 Å². The van der Waals surface area contributed by atoms with Gasteiger partial charge in [-0.25, -0.2) is 13.6 Å². The predicted molar refractivity (Wildman–Crippen MR) is 81.3 cm³/mol. The molecule has 4 amide bonds. The van der Waals surface area contributed by atoms with Crippen LogP contribution in [0.15, 0.2) is 41.0 Å². The summed E-state index contributed by atoms with van der Waals surface area (Å²) in [6.45, 7) is 0.838. The second-order valence-electron chi connectivity index (χ2n) is 5.63. The molecule has 25 heavy (non-hydrogen) atoms. The number of hydrogen-bond donors (Lipinski definition) is 2. The van der Waals surface area contributed by atoms with E-state index in [9.17, 15) is 23.2 Å². The molecule has 0 saturated carbocycles. The zero-order valence-corrected chi connectivity index (χ0v) is 13.0. The summed E-state index contributed by atoms with van der Waals surface area (Å²) in [7, 11) is 0. The molecule has 1 aliphatic heterocycles. The van der Waals surface area contributed by atoms with Gasteiger partial charge in [0, 0.05) is 11.8 Å². The van der Waals surface area contributed by atoms with Gasteiger partial charge in [0.25, 0.3) is 5.91 Å². The van der Waals surface area contributed by atoms with Crippen LogP contribution in [0, 0.1) is 11.6 Å². The maximum absolute atomic E-state index is 13.1. The fourth-order valence-electron chi connectivity index (χ4n) is 2.54. The van der Waals surface area contributed by atoms with Gasteiger partial charge in [-0.1, -0.05) is 0 Å². The Morgan fingerprint density at radius 1 is 1.28 bits per heavy atom. The Morgan fingerprint density at radius 2 is 1.96 bits per heavy atom. The smallest absolute Gasteiger partial charge is 0.325 e. The maximum Gasteiger partial charge on any atom is 0.325 e. The van der Waals surface area contributed by atoms with E-state index < -0.39 is 41.6 Å². The molecule has 1 atom stereocenters. The van der Waals surface area contributed by atoms with Crippen molar-refractivity contribution >= 4 is 23.5 Å². The van der Waals surface area contributed by atoms with Crippen LogP contribution in [-0.2, 0) is 15.1 Å². The standard InChI is InChI=1S/C16H13F2N3O4/c1-16(12-3-2-4-25-12)14(23)21(15(24)20-16)8-13(22)19-11-6-9(17)5-10(18)7-11/h2-7H,8H2,1H3,(H,19,22)(H,20,24). The number of nitrogens with one attached hydrogen (secondary N) is 2. The lowest BCUT2D eigenvalue weighted by molar-refractivity contribution is -0.134. The zero-order chi connectivity index (χ0) is 18.2. The average Bonchev–Trinajstić information content (AvgIpc) is 3.11. The number of benzene rings is 1. The minimum absolute atomic E-state index is 0.122. The van der Waals surface area contributed by atoms with Crippen molar-refractivity contribution in [3.63, 3.8) is 0 Å². The van der Waals surface area contributed by atoms with Crippen molar-refractivity contribution in [1.82, 2.24) is 10.2 Å². The van der Waals surface area contributed by atoms with Crippen LogP contribution in [-0.4, -0.2) is 29.3 Å². The molecule has 1 saturated heterocycles. The van der Waals surface area contributed by atoms with Crippen LogP contribution >= 0.6 is 0 Å². The van der Waals surface area contributed by atoms with Crippen LogP contribution in [0.4, 0.5) is 19.3 Å². The quantitative estimate of drug-likeness (QED) is 0.826. The summed E-state index contributed by atoms with van der Waals surface area (Å²) in [6.07, 6.45) is 1.36. The molecular formula is C16H13F2N3O4. The normalized spacial score (nSPS) is 19.9. The van der Waals surface area contributed by atoms with Crippen molar-refractivity contribution in [3.8, 4) is 0 Å².